The lowest BCUT2D eigenvalue weighted by Gasteiger charge is -2.34. The standard InChI is InChI=1S/C21H30F3N3O/c1-25-10-12-27(13-11-25)20(28)8-7-17-5-3-9-26(15-17)16-18-4-2-6-19(14-18)21(22,23)24/h2,4,6,14,17H,3,5,7-13,15-16H2,1H3/t17-/m0/s1. The summed E-state index contributed by atoms with van der Waals surface area (Å²) in [5.74, 6) is 0.680. The Morgan fingerprint density at radius 1 is 1.14 bits per heavy atom. The maximum atomic E-state index is 12.9. The van der Waals surface area contributed by atoms with E-state index in [9.17, 15) is 18.0 Å². The first kappa shape index (κ1) is 21.1. The summed E-state index contributed by atoms with van der Waals surface area (Å²) in [7, 11) is 2.07. The molecule has 2 saturated heterocycles. The van der Waals surface area contributed by atoms with Crippen molar-refractivity contribution in [1.82, 2.24) is 14.7 Å². The number of carbonyl (C=O) groups is 1. The SMILES string of the molecule is CN1CCN(C(=O)CC[C@@H]2CCCN(Cc3cccc(C(F)(F)F)c3)C2)CC1. The highest BCUT2D eigenvalue weighted by Crippen LogP contribution is 2.30. The Labute approximate surface area is 165 Å². The molecule has 0 N–H and O–H groups in total. The number of piperidine rings is 1. The van der Waals surface area contributed by atoms with Crippen molar-refractivity contribution in [2.75, 3.05) is 46.3 Å². The average molecular weight is 397 g/mol. The number of benzene rings is 1. The molecule has 1 aromatic rings. The molecule has 28 heavy (non-hydrogen) atoms. The van der Waals surface area contributed by atoms with Crippen molar-refractivity contribution in [3.63, 3.8) is 0 Å². The molecule has 3 rings (SSSR count). The van der Waals surface area contributed by atoms with Gasteiger partial charge in [0.05, 0.1) is 5.56 Å². The second-order valence-electron chi connectivity index (χ2n) is 8.16. The van der Waals surface area contributed by atoms with E-state index < -0.39 is 11.7 Å². The number of piperazine rings is 1. The van der Waals surface area contributed by atoms with Gasteiger partial charge in [-0.05, 0) is 50.4 Å². The number of carbonyl (C=O) groups excluding carboxylic acids is 1. The number of hydrogen-bond acceptors (Lipinski definition) is 3. The predicted octanol–water partition coefficient (Wildman–Crippen LogP) is 3.47. The summed E-state index contributed by atoms with van der Waals surface area (Å²) < 4.78 is 38.7. The van der Waals surface area contributed by atoms with E-state index in [-0.39, 0.29) is 5.91 Å². The van der Waals surface area contributed by atoms with E-state index in [1.807, 2.05) is 4.90 Å². The monoisotopic (exact) mass is 397 g/mol. The highest BCUT2D eigenvalue weighted by atomic mass is 19.4. The molecule has 0 unspecified atom stereocenters. The molecule has 2 aliphatic heterocycles. The maximum Gasteiger partial charge on any atom is 0.416 e. The molecule has 0 bridgehead atoms. The topological polar surface area (TPSA) is 26.8 Å². The van der Waals surface area contributed by atoms with Gasteiger partial charge in [0.15, 0.2) is 0 Å². The van der Waals surface area contributed by atoms with Crippen LogP contribution in [0.25, 0.3) is 0 Å². The number of nitrogens with zero attached hydrogens (tertiary/aromatic N) is 3. The zero-order valence-electron chi connectivity index (χ0n) is 16.5. The first-order valence-corrected chi connectivity index (χ1v) is 10.2. The fourth-order valence-corrected chi connectivity index (χ4v) is 4.18. The predicted molar refractivity (Wildman–Crippen MR) is 103 cm³/mol. The number of likely N-dealkylation sites (tertiary alicyclic amines) is 1. The minimum atomic E-state index is -4.30. The first-order chi connectivity index (χ1) is 13.3. The van der Waals surface area contributed by atoms with E-state index >= 15 is 0 Å². The molecule has 7 heteroatoms. The number of hydrogen-bond donors (Lipinski definition) is 0. The third-order valence-corrected chi connectivity index (χ3v) is 5.89. The number of alkyl halides is 3. The van der Waals surface area contributed by atoms with Gasteiger partial charge in [-0.15, -0.1) is 0 Å². The number of likely N-dealkylation sites (N-methyl/N-ethyl adjacent to an activating group) is 1. The third kappa shape index (κ3) is 5.95. The quantitative estimate of drug-likeness (QED) is 0.761. The van der Waals surface area contributed by atoms with E-state index in [0.717, 1.165) is 64.6 Å². The Bertz CT molecular complexity index is 657. The summed E-state index contributed by atoms with van der Waals surface area (Å²) in [5.41, 5.74) is 0.111. The molecule has 1 aromatic carbocycles. The fraction of sp³-hybridized carbons (Fsp3) is 0.667. The van der Waals surface area contributed by atoms with Crippen LogP contribution >= 0.6 is 0 Å². The van der Waals surface area contributed by atoms with Crippen LogP contribution in [0.15, 0.2) is 24.3 Å². The van der Waals surface area contributed by atoms with Crippen molar-refractivity contribution in [2.45, 2.75) is 38.4 Å². The Morgan fingerprint density at radius 2 is 1.89 bits per heavy atom. The van der Waals surface area contributed by atoms with Crippen LogP contribution in [0.4, 0.5) is 13.2 Å². The minimum Gasteiger partial charge on any atom is -0.340 e. The third-order valence-electron chi connectivity index (χ3n) is 5.89. The number of halogens is 3. The Balaban J connectivity index is 1.47. The zero-order valence-corrected chi connectivity index (χ0v) is 16.5. The molecule has 0 radical (unpaired) electrons. The zero-order chi connectivity index (χ0) is 20.1. The molecule has 156 valence electrons. The summed E-state index contributed by atoms with van der Waals surface area (Å²) in [6.07, 6.45) is -0.735. The van der Waals surface area contributed by atoms with Crippen LogP contribution < -0.4 is 0 Å². The lowest BCUT2D eigenvalue weighted by molar-refractivity contribution is -0.137. The number of rotatable bonds is 5. The minimum absolute atomic E-state index is 0.239. The molecule has 0 aromatic heterocycles. The van der Waals surface area contributed by atoms with Crippen LogP contribution in [0.2, 0.25) is 0 Å². The van der Waals surface area contributed by atoms with Crippen LogP contribution in [0.1, 0.15) is 36.8 Å². The van der Waals surface area contributed by atoms with Crippen LogP contribution in [-0.2, 0) is 17.5 Å². The van der Waals surface area contributed by atoms with Gasteiger partial charge in [-0.2, -0.15) is 13.2 Å². The highest BCUT2D eigenvalue weighted by Gasteiger charge is 2.30. The van der Waals surface area contributed by atoms with E-state index in [1.165, 1.54) is 12.1 Å². The summed E-state index contributed by atoms with van der Waals surface area (Å²) in [5, 5.41) is 0. The molecule has 1 amide bonds. The fourth-order valence-electron chi connectivity index (χ4n) is 4.18. The Kier molecular flexibility index (Phi) is 6.99. The van der Waals surface area contributed by atoms with Crippen LogP contribution in [0.5, 0.6) is 0 Å². The molecule has 2 fully saturated rings. The molecule has 1 atom stereocenters. The van der Waals surface area contributed by atoms with Gasteiger partial charge in [-0.25, -0.2) is 0 Å². The lowest BCUT2D eigenvalue weighted by Crippen LogP contribution is -2.47. The smallest absolute Gasteiger partial charge is 0.340 e. The molecule has 2 aliphatic rings. The van der Waals surface area contributed by atoms with Crippen molar-refractivity contribution >= 4 is 5.91 Å². The van der Waals surface area contributed by atoms with Crippen LogP contribution in [0.3, 0.4) is 0 Å². The van der Waals surface area contributed by atoms with Crippen molar-refractivity contribution in [2.24, 2.45) is 5.92 Å². The molecule has 0 saturated carbocycles. The van der Waals surface area contributed by atoms with Gasteiger partial charge in [-0.1, -0.05) is 18.2 Å². The number of amides is 1. The van der Waals surface area contributed by atoms with E-state index in [4.69, 9.17) is 0 Å². The molecule has 4 nitrogen and oxygen atoms in total. The summed E-state index contributed by atoms with van der Waals surface area (Å²) in [6.45, 7) is 5.77. The van der Waals surface area contributed by atoms with Crippen LogP contribution in [-0.4, -0.2) is 66.9 Å². The van der Waals surface area contributed by atoms with Gasteiger partial charge in [0.25, 0.3) is 0 Å². The molecule has 0 spiro atoms. The van der Waals surface area contributed by atoms with Gasteiger partial charge >= 0.3 is 6.18 Å². The Morgan fingerprint density at radius 3 is 2.61 bits per heavy atom. The largest absolute Gasteiger partial charge is 0.416 e. The van der Waals surface area contributed by atoms with Crippen molar-refractivity contribution < 1.29 is 18.0 Å². The van der Waals surface area contributed by atoms with Crippen molar-refractivity contribution in [1.29, 1.82) is 0 Å². The second-order valence-corrected chi connectivity index (χ2v) is 8.16. The molecular formula is C21H30F3N3O. The molecule has 2 heterocycles. The van der Waals surface area contributed by atoms with Gasteiger partial charge in [0.2, 0.25) is 5.91 Å². The summed E-state index contributed by atoms with van der Waals surface area (Å²) in [4.78, 5) is 18.9. The van der Waals surface area contributed by atoms with E-state index in [1.54, 1.807) is 6.07 Å². The normalized spacial score (nSPS) is 22.4. The lowest BCUT2D eigenvalue weighted by atomic mass is 9.92. The first-order valence-electron chi connectivity index (χ1n) is 10.2. The van der Waals surface area contributed by atoms with Crippen LogP contribution in [0, 0.1) is 5.92 Å². The van der Waals surface area contributed by atoms with Gasteiger partial charge in [0, 0.05) is 45.7 Å². The summed E-state index contributed by atoms with van der Waals surface area (Å²) in [6, 6.07) is 5.61. The van der Waals surface area contributed by atoms with Gasteiger partial charge < -0.3 is 9.80 Å². The molecular weight excluding hydrogens is 367 g/mol. The van der Waals surface area contributed by atoms with E-state index in [0.29, 0.717) is 24.4 Å². The molecule has 0 aliphatic carbocycles. The van der Waals surface area contributed by atoms with Crippen molar-refractivity contribution in [3.05, 3.63) is 35.4 Å². The second kappa shape index (κ2) is 9.27. The summed E-state index contributed by atoms with van der Waals surface area (Å²) >= 11 is 0. The maximum absolute atomic E-state index is 12.9. The average Bonchev–Trinajstić information content (AvgIpc) is 2.66. The highest BCUT2D eigenvalue weighted by molar-refractivity contribution is 5.76. The van der Waals surface area contributed by atoms with E-state index in [2.05, 4.69) is 16.8 Å². The van der Waals surface area contributed by atoms with Gasteiger partial charge in [0.1, 0.15) is 0 Å². The van der Waals surface area contributed by atoms with Gasteiger partial charge in [-0.3, -0.25) is 9.69 Å². The van der Waals surface area contributed by atoms with Crippen molar-refractivity contribution in [3.8, 4) is 0 Å². The Hall–Kier alpha value is -1.60.